The molecule has 1 aliphatic carbocycles. The zero-order valence-corrected chi connectivity index (χ0v) is 15.5. The number of aliphatic imine (C=N–C) groups is 1. The van der Waals surface area contributed by atoms with Crippen molar-refractivity contribution in [1.29, 1.82) is 0 Å². The molecule has 0 aromatic carbocycles. The third kappa shape index (κ3) is 3.88. The van der Waals surface area contributed by atoms with Gasteiger partial charge < -0.3 is 20.1 Å². The van der Waals surface area contributed by atoms with Crippen LogP contribution >= 0.6 is 0 Å². The minimum absolute atomic E-state index is 0.0321. The molecule has 5 heteroatoms. The van der Waals surface area contributed by atoms with Crippen molar-refractivity contribution in [2.75, 3.05) is 39.9 Å². The number of hydrogen-bond acceptors (Lipinski definition) is 3. The van der Waals surface area contributed by atoms with Gasteiger partial charge in [0, 0.05) is 44.1 Å². The van der Waals surface area contributed by atoms with Gasteiger partial charge in [-0.3, -0.25) is 4.99 Å². The Hall–Kier alpha value is -0.810. The van der Waals surface area contributed by atoms with Gasteiger partial charge in [0.25, 0.3) is 0 Å². The molecular formula is C19H35N3O2. The topological polar surface area (TPSA) is 57.1 Å². The molecule has 5 nitrogen and oxygen atoms in total. The molecule has 3 aliphatic rings. The smallest absolute Gasteiger partial charge is 0.193 e. The Morgan fingerprint density at radius 2 is 2.08 bits per heavy atom. The van der Waals surface area contributed by atoms with Crippen LogP contribution in [0.3, 0.4) is 0 Å². The van der Waals surface area contributed by atoms with Crippen LogP contribution in [0.25, 0.3) is 0 Å². The monoisotopic (exact) mass is 337 g/mol. The highest BCUT2D eigenvalue weighted by Gasteiger charge is 2.39. The van der Waals surface area contributed by atoms with E-state index in [4.69, 9.17) is 4.74 Å². The van der Waals surface area contributed by atoms with Crippen molar-refractivity contribution in [3.8, 4) is 0 Å². The van der Waals surface area contributed by atoms with Crippen LogP contribution < -0.4 is 5.32 Å². The van der Waals surface area contributed by atoms with E-state index >= 15 is 0 Å². The van der Waals surface area contributed by atoms with Crippen LogP contribution in [0.4, 0.5) is 0 Å². The predicted octanol–water partition coefficient (Wildman–Crippen LogP) is 2.40. The summed E-state index contributed by atoms with van der Waals surface area (Å²) in [5.41, 5.74) is 0.290. The summed E-state index contributed by atoms with van der Waals surface area (Å²) >= 11 is 0. The van der Waals surface area contributed by atoms with Crippen molar-refractivity contribution in [2.24, 2.45) is 15.8 Å². The fraction of sp³-hybridized carbons (Fsp3) is 0.947. The van der Waals surface area contributed by atoms with Gasteiger partial charge in [0.15, 0.2) is 5.96 Å². The molecule has 1 saturated carbocycles. The van der Waals surface area contributed by atoms with E-state index < -0.39 is 0 Å². The second-order valence-corrected chi connectivity index (χ2v) is 8.50. The average molecular weight is 338 g/mol. The van der Waals surface area contributed by atoms with E-state index in [9.17, 15) is 5.11 Å². The molecule has 2 saturated heterocycles. The Balaban J connectivity index is 1.59. The summed E-state index contributed by atoms with van der Waals surface area (Å²) < 4.78 is 5.79. The summed E-state index contributed by atoms with van der Waals surface area (Å²) in [5, 5.41) is 14.0. The second-order valence-electron chi connectivity index (χ2n) is 8.50. The summed E-state index contributed by atoms with van der Waals surface area (Å²) in [5.74, 6) is 0.999. The molecule has 2 N–H and O–H groups in total. The summed E-state index contributed by atoms with van der Waals surface area (Å²) in [4.78, 5) is 6.95. The lowest BCUT2D eigenvalue weighted by molar-refractivity contribution is -0.0375. The molecule has 0 aromatic rings. The molecule has 0 aromatic heterocycles. The fourth-order valence-electron chi connectivity index (χ4n) is 4.82. The maximum atomic E-state index is 10.4. The normalized spacial score (nSPS) is 38.4. The summed E-state index contributed by atoms with van der Waals surface area (Å²) in [6.07, 6.45) is 9.15. The second kappa shape index (κ2) is 7.61. The minimum atomic E-state index is -0.198. The highest BCUT2D eigenvalue weighted by molar-refractivity contribution is 5.80. The van der Waals surface area contributed by atoms with Gasteiger partial charge in [0.05, 0.1) is 12.7 Å². The molecule has 2 aliphatic heterocycles. The molecule has 3 fully saturated rings. The molecule has 3 unspecified atom stereocenters. The van der Waals surface area contributed by atoms with Crippen LogP contribution in [0.5, 0.6) is 0 Å². The first-order valence-electron chi connectivity index (χ1n) is 9.78. The quantitative estimate of drug-likeness (QED) is 0.600. The molecule has 2 heterocycles. The van der Waals surface area contributed by atoms with E-state index in [2.05, 4.69) is 22.1 Å². The predicted molar refractivity (Wildman–Crippen MR) is 97.2 cm³/mol. The molecule has 3 atom stereocenters. The van der Waals surface area contributed by atoms with Crippen molar-refractivity contribution < 1.29 is 9.84 Å². The van der Waals surface area contributed by atoms with Crippen LogP contribution in [0.2, 0.25) is 0 Å². The SMILES string of the molecule is CN=C(NCC1(C)CCCCC1O)N1CCCC2(CCCOC2)C1. The number of rotatable bonds is 2. The van der Waals surface area contributed by atoms with Gasteiger partial charge in [-0.1, -0.05) is 19.8 Å². The number of aliphatic hydroxyl groups excluding tert-OH is 1. The minimum Gasteiger partial charge on any atom is -0.392 e. The number of hydrogen-bond donors (Lipinski definition) is 2. The molecular weight excluding hydrogens is 302 g/mol. The van der Waals surface area contributed by atoms with Gasteiger partial charge in [0.2, 0.25) is 0 Å². The average Bonchev–Trinajstić information content (AvgIpc) is 2.59. The maximum absolute atomic E-state index is 10.4. The molecule has 0 amide bonds. The first kappa shape index (κ1) is 18.0. The molecule has 24 heavy (non-hydrogen) atoms. The number of piperidine rings is 1. The Morgan fingerprint density at radius 1 is 1.25 bits per heavy atom. The third-order valence-corrected chi connectivity index (χ3v) is 6.51. The van der Waals surface area contributed by atoms with Crippen molar-refractivity contribution in [3.05, 3.63) is 0 Å². The molecule has 1 spiro atoms. The first-order valence-corrected chi connectivity index (χ1v) is 9.78. The number of guanidine groups is 1. The van der Waals surface area contributed by atoms with Gasteiger partial charge in [-0.25, -0.2) is 0 Å². The maximum Gasteiger partial charge on any atom is 0.193 e. The number of ether oxygens (including phenoxy) is 1. The number of nitrogens with one attached hydrogen (secondary N) is 1. The van der Waals surface area contributed by atoms with E-state index in [-0.39, 0.29) is 11.5 Å². The van der Waals surface area contributed by atoms with E-state index in [1.807, 2.05) is 7.05 Å². The Kier molecular flexibility index (Phi) is 5.70. The number of likely N-dealkylation sites (tertiary alicyclic amines) is 1. The highest BCUT2D eigenvalue weighted by atomic mass is 16.5. The number of aliphatic hydroxyl groups is 1. The van der Waals surface area contributed by atoms with Gasteiger partial charge in [-0.05, 0) is 38.5 Å². The van der Waals surface area contributed by atoms with Crippen molar-refractivity contribution in [1.82, 2.24) is 10.2 Å². The molecule has 138 valence electrons. The highest BCUT2D eigenvalue weighted by Crippen LogP contribution is 2.38. The summed E-state index contributed by atoms with van der Waals surface area (Å²) in [7, 11) is 1.88. The lowest BCUT2D eigenvalue weighted by Crippen LogP contribution is -2.55. The zero-order chi connectivity index (χ0) is 17.0. The Labute approximate surface area is 146 Å². The van der Waals surface area contributed by atoms with Crippen LogP contribution in [0.15, 0.2) is 4.99 Å². The van der Waals surface area contributed by atoms with Gasteiger partial charge in [-0.15, -0.1) is 0 Å². The van der Waals surface area contributed by atoms with E-state index in [0.29, 0.717) is 5.41 Å². The Morgan fingerprint density at radius 3 is 2.79 bits per heavy atom. The molecule has 3 rings (SSSR count). The van der Waals surface area contributed by atoms with Crippen LogP contribution in [0, 0.1) is 10.8 Å². The van der Waals surface area contributed by atoms with Crippen LogP contribution in [-0.2, 0) is 4.74 Å². The van der Waals surface area contributed by atoms with Gasteiger partial charge in [0.1, 0.15) is 0 Å². The Bertz CT molecular complexity index is 442. The largest absolute Gasteiger partial charge is 0.392 e. The van der Waals surface area contributed by atoms with Crippen molar-refractivity contribution in [2.45, 2.75) is 64.4 Å². The van der Waals surface area contributed by atoms with Crippen LogP contribution in [-0.4, -0.2) is 62.0 Å². The van der Waals surface area contributed by atoms with E-state index in [1.165, 1.54) is 32.1 Å². The zero-order valence-electron chi connectivity index (χ0n) is 15.5. The molecule has 0 radical (unpaired) electrons. The van der Waals surface area contributed by atoms with Crippen molar-refractivity contribution in [3.63, 3.8) is 0 Å². The lowest BCUT2D eigenvalue weighted by Gasteiger charge is -2.46. The third-order valence-electron chi connectivity index (χ3n) is 6.51. The van der Waals surface area contributed by atoms with Crippen molar-refractivity contribution >= 4 is 5.96 Å². The summed E-state index contributed by atoms with van der Waals surface area (Å²) in [6, 6.07) is 0. The van der Waals surface area contributed by atoms with E-state index in [1.54, 1.807) is 0 Å². The van der Waals surface area contributed by atoms with Crippen LogP contribution in [0.1, 0.15) is 58.3 Å². The molecule has 0 bridgehead atoms. The van der Waals surface area contributed by atoms with Gasteiger partial charge in [-0.2, -0.15) is 0 Å². The fourth-order valence-corrected chi connectivity index (χ4v) is 4.82. The standard InChI is InChI=1S/C19H35N3O2/c1-18(8-4-3-7-16(18)23)13-21-17(20-2)22-11-5-9-19(14-22)10-6-12-24-15-19/h16,23H,3-15H2,1-2H3,(H,20,21). The lowest BCUT2D eigenvalue weighted by atomic mass is 9.73. The van der Waals surface area contributed by atoms with E-state index in [0.717, 1.165) is 58.1 Å². The first-order chi connectivity index (χ1) is 11.6. The van der Waals surface area contributed by atoms with Gasteiger partial charge >= 0.3 is 0 Å². The summed E-state index contributed by atoms with van der Waals surface area (Å²) in [6.45, 7) is 6.96. The number of nitrogens with zero attached hydrogens (tertiary/aromatic N) is 2.